The summed E-state index contributed by atoms with van der Waals surface area (Å²) in [6.45, 7) is 6.41. The first kappa shape index (κ1) is 18.4. The SMILES string of the molecule is CCCCOC(=O)C1=C(C)NC2=C(C(=O)CCC2)[C@@H]1c1ccc(C)cc1. The highest BCUT2D eigenvalue weighted by molar-refractivity contribution is 6.03. The van der Waals surface area contributed by atoms with Crippen molar-refractivity contribution in [1.82, 2.24) is 5.32 Å². The Labute approximate surface area is 155 Å². The average molecular weight is 353 g/mol. The van der Waals surface area contributed by atoms with Gasteiger partial charge in [0.15, 0.2) is 5.78 Å². The lowest BCUT2D eigenvalue weighted by atomic mass is 9.75. The van der Waals surface area contributed by atoms with Gasteiger partial charge in [-0.15, -0.1) is 0 Å². The second kappa shape index (κ2) is 7.90. The number of nitrogens with one attached hydrogen (secondary N) is 1. The van der Waals surface area contributed by atoms with Gasteiger partial charge in [0.05, 0.1) is 12.2 Å². The molecule has 26 heavy (non-hydrogen) atoms. The van der Waals surface area contributed by atoms with Gasteiger partial charge in [0.1, 0.15) is 0 Å². The van der Waals surface area contributed by atoms with Crippen LogP contribution in [0.2, 0.25) is 0 Å². The fourth-order valence-electron chi connectivity index (χ4n) is 3.73. The van der Waals surface area contributed by atoms with E-state index in [1.807, 2.05) is 38.1 Å². The highest BCUT2D eigenvalue weighted by Gasteiger charge is 2.38. The number of hydrogen-bond donors (Lipinski definition) is 1. The molecule has 4 heteroatoms. The lowest BCUT2D eigenvalue weighted by Crippen LogP contribution is -2.34. The Kier molecular flexibility index (Phi) is 5.60. The largest absolute Gasteiger partial charge is 0.462 e. The van der Waals surface area contributed by atoms with Crippen LogP contribution in [0.25, 0.3) is 0 Å². The predicted molar refractivity (Wildman–Crippen MR) is 102 cm³/mol. The van der Waals surface area contributed by atoms with Crippen LogP contribution in [0, 0.1) is 6.92 Å². The zero-order valence-electron chi connectivity index (χ0n) is 15.9. The zero-order chi connectivity index (χ0) is 18.7. The molecule has 1 atom stereocenters. The van der Waals surface area contributed by atoms with Crippen molar-refractivity contribution in [3.63, 3.8) is 0 Å². The van der Waals surface area contributed by atoms with Crippen LogP contribution in [-0.4, -0.2) is 18.4 Å². The second-order valence-corrected chi connectivity index (χ2v) is 7.17. The van der Waals surface area contributed by atoms with Crippen molar-refractivity contribution >= 4 is 11.8 Å². The monoisotopic (exact) mass is 353 g/mol. The fraction of sp³-hybridized carbons (Fsp3) is 0.455. The summed E-state index contributed by atoms with van der Waals surface area (Å²) in [4.78, 5) is 25.6. The molecule has 1 aliphatic heterocycles. The van der Waals surface area contributed by atoms with Gasteiger partial charge in [0, 0.05) is 29.3 Å². The minimum absolute atomic E-state index is 0.135. The molecule has 0 fully saturated rings. The zero-order valence-corrected chi connectivity index (χ0v) is 15.9. The third-order valence-electron chi connectivity index (χ3n) is 5.14. The topological polar surface area (TPSA) is 55.4 Å². The molecule has 0 amide bonds. The number of carbonyl (C=O) groups excluding carboxylic acids is 2. The summed E-state index contributed by atoms with van der Waals surface area (Å²) in [7, 11) is 0. The van der Waals surface area contributed by atoms with E-state index in [9.17, 15) is 9.59 Å². The first-order valence-corrected chi connectivity index (χ1v) is 9.50. The van der Waals surface area contributed by atoms with Crippen LogP contribution in [0.5, 0.6) is 0 Å². The summed E-state index contributed by atoms with van der Waals surface area (Å²) >= 11 is 0. The standard InChI is InChI=1S/C22H27NO3/c1-4-5-13-26-22(25)19-15(3)23-17-7-6-8-18(24)21(17)20(19)16-11-9-14(2)10-12-16/h9-12,20,23H,4-8,13H2,1-3H3/t20-/m1/s1. The Hall–Kier alpha value is -2.36. The van der Waals surface area contributed by atoms with Crippen LogP contribution in [0.4, 0.5) is 0 Å². The number of dihydropyridines is 1. The van der Waals surface area contributed by atoms with Crippen molar-refractivity contribution in [2.24, 2.45) is 0 Å². The summed E-state index contributed by atoms with van der Waals surface area (Å²) in [6, 6.07) is 8.09. The normalized spacial score (nSPS) is 20.0. The van der Waals surface area contributed by atoms with Crippen LogP contribution in [0.3, 0.4) is 0 Å². The fourth-order valence-corrected chi connectivity index (χ4v) is 3.73. The predicted octanol–water partition coefficient (Wildman–Crippen LogP) is 4.31. The van der Waals surface area contributed by atoms with Gasteiger partial charge in [-0.1, -0.05) is 43.2 Å². The summed E-state index contributed by atoms with van der Waals surface area (Å²) in [6.07, 6.45) is 4.06. The van der Waals surface area contributed by atoms with E-state index in [-0.39, 0.29) is 17.7 Å². The molecule has 0 bridgehead atoms. The van der Waals surface area contributed by atoms with E-state index >= 15 is 0 Å². The van der Waals surface area contributed by atoms with Gasteiger partial charge in [0.25, 0.3) is 0 Å². The van der Waals surface area contributed by atoms with Gasteiger partial charge in [-0.2, -0.15) is 0 Å². The summed E-state index contributed by atoms with van der Waals surface area (Å²) < 4.78 is 5.51. The van der Waals surface area contributed by atoms with Crippen molar-refractivity contribution in [1.29, 1.82) is 0 Å². The molecule has 1 heterocycles. The van der Waals surface area contributed by atoms with Crippen LogP contribution >= 0.6 is 0 Å². The maximum atomic E-state index is 12.9. The van der Waals surface area contributed by atoms with Crippen molar-refractivity contribution in [3.8, 4) is 0 Å². The molecular formula is C22H27NO3. The molecule has 4 nitrogen and oxygen atoms in total. The number of esters is 1. The number of rotatable bonds is 5. The third-order valence-corrected chi connectivity index (χ3v) is 5.14. The number of hydrogen-bond acceptors (Lipinski definition) is 4. The van der Waals surface area contributed by atoms with Crippen molar-refractivity contribution in [2.75, 3.05) is 6.61 Å². The second-order valence-electron chi connectivity index (χ2n) is 7.17. The van der Waals surface area contributed by atoms with E-state index in [0.29, 0.717) is 18.6 Å². The Morgan fingerprint density at radius 2 is 1.92 bits per heavy atom. The molecule has 1 aliphatic carbocycles. The summed E-state index contributed by atoms with van der Waals surface area (Å²) in [5.74, 6) is -0.525. The Morgan fingerprint density at radius 1 is 1.19 bits per heavy atom. The Balaban J connectivity index is 2.04. The number of ether oxygens (including phenoxy) is 1. The van der Waals surface area contributed by atoms with E-state index in [0.717, 1.165) is 53.8 Å². The van der Waals surface area contributed by atoms with Gasteiger partial charge in [-0.05, 0) is 38.7 Å². The van der Waals surface area contributed by atoms with Crippen LogP contribution < -0.4 is 5.32 Å². The van der Waals surface area contributed by atoms with Crippen LogP contribution in [-0.2, 0) is 14.3 Å². The minimum atomic E-state index is -0.339. The average Bonchev–Trinajstić information content (AvgIpc) is 2.61. The first-order valence-electron chi connectivity index (χ1n) is 9.50. The van der Waals surface area contributed by atoms with Gasteiger partial charge in [0.2, 0.25) is 0 Å². The number of carbonyl (C=O) groups is 2. The Morgan fingerprint density at radius 3 is 2.62 bits per heavy atom. The first-order chi connectivity index (χ1) is 12.5. The number of ketones is 1. The van der Waals surface area contributed by atoms with E-state index in [1.54, 1.807) is 0 Å². The smallest absolute Gasteiger partial charge is 0.336 e. The lowest BCUT2D eigenvalue weighted by Gasteiger charge is -2.34. The van der Waals surface area contributed by atoms with Gasteiger partial charge in [-0.25, -0.2) is 4.79 Å². The molecule has 1 aromatic rings. The Bertz CT molecular complexity index is 771. The van der Waals surface area contributed by atoms with Gasteiger partial charge >= 0.3 is 5.97 Å². The number of unbranched alkanes of at least 4 members (excludes halogenated alkanes) is 1. The maximum Gasteiger partial charge on any atom is 0.336 e. The third kappa shape index (κ3) is 3.59. The molecule has 0 unspecified atom stereocenters. The summed E-state index contributed by atoms with van der Waals surface area (Å²) in [5, 5.41) is 3.32. The quantitative estimate of drug-likeness (QED) is 0.633. The summed E-state index contributed by atoms with van der Waals surface area (Å²) in [5.41, 5.74) is 5.20. The molecule has 0 saturated heterocycles. The van der Waals surface area contributed by atoms with Crippen molar-refractivity contribution < 1.29 is 14.3 Å². The molecular weight excluding hydrogens is 326 g/mol. The highest BCUT2D eigenvalue weighted by atomic mass is 16.5. The van der Waals surface area contributed by atoms with E-state index in [1.165, 1.54) is 0 Å². The number of benzene rings is 1. The van der Waals surface area contributed by atoms with Gasteiger partial charge in [-0.3, -0.25) is 4.79 Å². The minimum Gasteiger partial charge on any atom is -0.462 e. The molecule has 1 aromatic carbocycles. The highest BCUT2D eigenvalue weighted by Crippen LogP contribution is 2.42. The van der Waals surface area contributed by atoms with Crippen LogP contribution in [0.1, 0.15) is 63.0 Å². The molecule has 138 valence electrons. The molecule has 2 aliphatic rings. The lowest BCUT2D eigenvalue weighted by molar-refractivity contribution is -0.139. The molecule has 0 saturated carbocycles. The van der Waals surface area contributed by atoms with E-state index in [2.05, 4.69) is 12.2 Å². The molecule has 0 spiro atoms. The van der Waals surface area contributed by atoms with Crippen LogP contribution in [0.15, 0.2) is 46.8 Å². The molecule has 3 rings (SSSR count). The van der Waals surface area contributed by atoms with E-state index < -0.39 is 0 Å². The molecule has 0 aromatic heterocycles. The number of Topliss-reactive ketones (excluding diaryl/α,β-unsaturated/α-hetero) is 1. The number of allylic oxidation sites excluding steroid dienone is 3. The van der Waals surface area contributed by atoms with Crippen molar-refractivity contribution in [2.45, 2.75) is 58.8 Å². The molecule has 0 radical (unpaired) electrons. The van der Waals surface area contributed by atoms with E-state index in [4.69, 9.17) is 4.74 Å². The molecule has 1 N–H and O–H groups in total. The van der Waals surface area contributed by atoms with Gasteiger partial charge < -0.3 is 10.1 Å². The number of aryl methyl sites for hydroxylation is 1. The van der Waals surface area contributed by atoms with Crippen molar-refractivity contribution in [3.05, 3.63) is 57.9 Å². The maximum absolute atomic E-state index is 12.9.